The van der Waals surface area contributed by atoms with Gasteiger partial charge >= 0.3 is 0 Å². The van der Waals surface area contributed by atoms with Gasteiger partial charge in [-0.05, 0) is 53.4 Å². The largest absolute Gasteiger partial charge is 0.390 e. The summed E-state index contributed by atoms with van der Waals surface area (Å²) in [6, 6.07) is 18.2. The lowest BCUT2D eigenvalue weighted by molar-refractivity contribution is -0.136. The number of piperidine rings is 1. The molecule has 1 heterocycles. The lowest BCUT2D eigenvalue weighted by atomic mass is 9.96. The molecule has 9 heteroatoms. The highest BCUT2D eigenvalue weighted by molar-refractivity contribution is 5.94. The number of nitrogens with two attached hydrogens (primary N) is 1. The van der Waals surface area contributed by atoms with E-state index in [4.69, 9.17) is 5.73 Å². The molecule has 0 saturated carbocycles. The molecule has 1 unspecified atom stereocenters. The quantitative estimate of drug-likeness (QED) is 0.354. The van der Waals surface area contributed by atoms with Gasteiger partial charge in [-0.3, -0.25) is 14.4 Å². The van der Waals surface area contributed by atoms with Crippen LogP contribution in [0.25, 0.3) is 10.8 Å². The monoisotopic (exact) mass is 520 g/mol. The summed E-state index contributed by atoms with van der Waals surface area (Å²) in [6.07, 6.45) is 1.11. The highest BCUT2D eigenvalue weighted by Crippen LogP contribution is 2.23. The molecule has 0 spiro atoms. The highest BCUT2D eigenvalue weighted by atomic mass is 19.1. The molecule has 0 bridgehead atoms. The molecule has 0 aromatic heterocycles. The zero-order chi connectivity index (χ0) is 27.1. The maximum absolute atomic E-state index is 13.3. The summed E-state index contributed by atoms with van der Waals surface area (Å²) in [6.45, 7) is 0.803. The van der Waals surface area contributed by atoms with Gasteiger partial charge in [-0.25, -0.2) is 4.39 Å². The van der Waals surface area contributed by atoms with Gasteiger partial charge in [0, 0.05) is 44.2 Å². The predicted molar refractivity (Wildman–Crippen MR) is 143 cm³/mol. The first-order valence-electron chi connectivity index (χ1n) is 12.8. The van der Waals surface area contributed by atoms with Crippen molar-refractivity contribution in [2.75, 3.05) is 26.2 Å². The van der Waals surface area contributed by atoms with Gasteiger partial charge in [0.2, 0.25) is 12.3 Å². The number of benzene rings is 3. The molecule has 1 aliphatic rings. The van der Waals surface area contributed by atoms with Gasteiger partial charge < -0.3 is 26.0 Å². The minimum Gasteiger partial charge on any atom is -0.390 e. The fourth-order valence-corrected chi connectivity index (χ4v) is 4.90. The molecular formula is C29H33FN4O4. The fraction of sp³-hybridized carbons (Fsp3) is 0.345. The summed E-state index contributed by atoms with van der Waals surface area (Å²) in [5, 5.41) is 14.7. The first kappa shape index (κ1) is 27.2. The Balaban J connectivity index is 1.50. The van der Waals surface area contributed by atoms with Gasteiger partial charge in [-0.2, -0.15) is 0 Å². The molecule has 200 valence electrons. The normalized spacial score (nSPS) is 15.6. The van der Waals surface area contributed by atoms with Crippen LogP contribution in [0.4, 0.5) is 4.39 Å². The third kappa shape index (κ3) is 6.54. The summed E-state index contributed by atoms with van der Waals surface area (Å²) >= 11 is 0. The van der Waals surface area contributed by atoms with Crippen LogP contribution in [-0.4, -0.2) is 77.5 Å². The molecule has 0 radical (unpaired) electrons. The average Bonchev–Trinajstić information content (AvgIpc) is 2.95. The van der Waals surface area contributed by atoms with Crippen molar-refractivity contribution < 1.29 is 23.9 Å². The summed E-state index contributed by atoms with van der Waals surface area (Å²) in [7, 11) is 0. The number of hydrogen-bond acceptors (Lipinski definition) is 5. The molecule has 38 heavy (non-hydrogen) atoms. The van der Waals surface area contributed by atoms with Crippen LogP contribution in [0.15, 0.2) is 66.7 Å². The zero-order valence-electron chi connectivity index (χ0n) is 21.1. The molecule has 1 saturated heterocycles. The minimum atomic E-state index is -0.884. The van der Waals surface area contributed by atoms with Gasteiger partial charge in [0.25, 0.3) is 5.91 Å². The van der Waals surface area contributed by atoms with Gasteiger partial charge in [0.15, 0.2) is 0 Å². The summed E-state index contributed by atoms with van der Waals surface area (Å²) in [5.74, 6) is -0.971. The van der Waals surface area contributed by atoms with Crippen LogP contribution in [-0.2, 0) is 16.0 Å². The van der Waals surface area contributed by atoms with E-state index in [0.29, 0.717) is 44.3 Å². The number of aliphatic hydroxyl groups is 1. The first-order valence-corrected chi connectivity index (χ1v) is 12.8. The lowest BCUT2D eigenvalue weighted by Crippen LogP contribution is -2.55. The number of likely N-dealkylation sites (tertiary alicyclic amines) is 1. The molecule has 4 rings (SSSR count). The van der Waals surface area contributed by atoms with Crippen LogP contribution in [0.5, 0.6) is 0 Å². The van der Waals surface area contributed by atoms with E-state index in [1.54, 1.807) is 9.80 Å². The van der Waals surface area contributed by atoms with Crippen LogP contribution in [0.1, 0.15) is 28.8 Å². The van der Waals surface area contributed by atoms with E-state index in [0.717, 1.165) is 16.3 Å². The second kappa shape index (κ2) is 12.6. The van der Waals surface area contributed by atoms with Crippen LogP contribution in [0, 0.1) is 5.82 Å². The summed E-state index contributed by atoms with van der Waals surface area (Å²) in [4.78, 5) is 41.7. The Morgan fingerprint density at radius 3 is 2.42 bits per heavy atom. The third-order valence-electron chi connectivity index (χ3n) is 7.08. The smallest absolute Gasteiger partial charge is 0.253 e. The van der Waals surface area contributed by atoms with Crippen molar-refractivity contribution >= 4 is 29.0 Å². The van der Waals surface area contributed by atoms with E-state index in [2.05, 4.69) is 5.32 Å². The van der Waals surface area contributed by atoms with Gasteiger partial charge in [-0.15, -0.1) is 0 Å². The van der Waals surface area contributed by atoms with Crippen LogP contribution >= 0.6 is 0 Å². The predicted octanol–water partition coefficient (Wildman–Crippen LogP) is 2.09. The molecule has 1 fully saturated rings. The molecule has 3 aromatic rings. The van der Waals surface area contributed by atoms with E-state index in [1.165, 1.54) is 24.3 Å². The zero-order valence-corrected chi connectivity index (χ0v) is 21.1. The molecule has 4 N–H and O–H groups in total. The van der Waals surface area contributed by atoms with E-state index in [1.807, 2.05) is 42.5 Å². The van der Waals surface area contributed by atoms with Crippen molar-refractivity contribution in [3.8, 4) is 0 Å². The fourth-order valence-electron chi connectivity index (χ4n) is 4.90. The molecule has 3 amide bonds. The van der Waals surface area contributed by atoms with E-state index in [-0.39, 0.29) is 30.9 Å². The maximum Gasteiger partial charge on any atom is 0.253 e. The van der Waals surface area contributed by atoms with Crippen LogP contribution in [0.3, 0.4) is 0 Å². The molecule has 0 aliphatic carbocycles. The number of aliphatic hydroxyl groups excluding tert-OH is 1. The number of halogens is 1. The second-order valence-corrected chi connectivity index (χ2v) is 9.62. The number of amides is 3. The minimum absolute atomic E-state index is 0.00750. The molecule has 3 aromatic carbocycles. The number of fused-ring (bicyclic) bond motifs is 1. The number of nitrogens with one attached hydrogen (secondary N) is 1. The van der Waals surface area contributed by atoms with Crippen molar-refractivity contribution in [2.24, 2.45) is 5.73 Å². The van der Waals surface area contributed by atoms with Gasteiger partial charge in [0.1, 0.15) is 11.9 Å². The van der Waals surface area contributed by atoms with Crippen molar-refractivity contribution in [3.63, 3.8) is 0 Å². The Morgan fingerprint density at radius 2 is 1.76 bits per heavy atom. The Bertz CT molecular complexity index is 1260. The van der Waals surface area contributed by atoms with Crippen molar-refractivity contribution in [1.29, 1.82) is 0 Å². The average molecular weight is 521 g/mol. The molecule has 8 nitrogen and oxygen atoms in total. The highest BCUT2D eigenvalue weighted by Gasteiger charge is 2.34. The Hall–Kier alpha value is -3.82. The van der Waals surface area contributed by atoms with E-state index < -0.39 is 18.0 Å². The number of carbonyl (C=O) groups excluding carboxylic acids is 3. The topological polar surface area (TPSA) is 116 Å². The Labute approximate surface area is 221 Å². The Kier molecular flexibility index (Phi) is 9.04. The standard InChI is InChI=1S/C29H33FN4O4/c30-24-9-7-22(8-10-24)29(38)33-13-11-25(12-14-33)34(19-35)27(28(37)32-18-26(36)17-31)16-20-5-6-21-3-1-2-4-23(21)15-20/h1-10,15,19,25-27,36H,11-14,16-18,31H2,(H,32,37)/t26?,27-/m1/s1. The molecule has 2 atom stereocenters. The van der Waals surface area contributed by atoms with Gasteiger partial charge in [-0.1, -0.05) is 42.5 Å². The number of hydrogen-bond donors (Lipinski definition) is 3. The van der Waals surface area contributed by atoms with Crippen LogP contribution < -0.4 is 11.1 Å². The third-order valence-corrected chi connectivity index (χ3v) is 7.08. The molecular weight excluding hydrogens is 487 g/mol. The second-order valence-electron chi connectivity index (χ2n) is 9.62. The number of nitrogens with zero attached hydrogens (tertiary/aromatic N) is 2. The number of carbonyl (C=O) groups is 3. The number of rotatable bonds is 10. The van der Waals surface area contributed by atoms with E-state index in [9.17, 15) is 23.9 Å². The Morgan fingerprint density at radius 1 is 1.08 bits per heavy atom. The maximum atomic E-state index is 13.3. The van der Waals surface area contributed by atoms with Crippen molar-refractivity contribution in [1.82, 2.24) is 15.1 Å². The van der Waals surface area contributed by atoms with E-state index >= 15 is 0 Å². The van der Waals surface area contributed by atoms with Gasteiger partial charge in [0.05, 0.1) is 6.10 Å². The van der Waals surface area contributed by atoms with Crippen LogP contribution in [0.2, 0.25) is 0 Å². The first-order chi connectivity index (χ1) is 18.4. The van der Waals surface area contributed by atoms with Crippen molar-refractivity contribution in [2.45, 2.75) is 37.5 Å². The van der Waals surface area contributed by atoms with Crippen molar-refractivity contribution in [3.05, 3.63) is 83.7 Å². The summed E-state index contributed by atoms with van der Waals surface area (Å²) < 4.78 is 13.2. The SMILES string of the molecule is NCC(O)CNC(=O)[C@@H](Cc1ccc2ccccc2c1)N(C=O)C1CCN(C(=O)c2ccc(F)cc2)CC1. The summed E-state index contributed by atoms with van der Waals surface area (Å²) in [5.41, 5.74) is 6.79. The molecule has 1 aliphatic heterocycles. The lowest BCUT2D eigenvalue weighted by Gasteiger charge is -2.40.